The molecular weight excluding hydrogens is 244 g/mol. The quantitative estimate of drug-likeness (QED) is 0.539. The summed E-state index contributed by atoms with van der Waals surface area (Å²) in [7, 11) is 0. The van der Waals surface area contributed by atoms with E-state index in [1.165, 1.54) is 6.42 Å². The van der Waals surface area contributed by atoms with Crippen molar-refractivity contribution < 1.29 is 19.7 Å². The van der Waals surface area contributed by atoms with Crippen LogP contribution < -0.4 is 0 Å². The van der Waals surface area contributed by atoms with Crippen LogP contribution in [0.25, 0.3) is 0 Å². The van der Waals surface area contributed by atoms with Gasteiger partial charge in [0.2, 0.25) is 0 Å². The summed E-state index contributed by atoms with van der Waals surface area (Å²) in [6.45, 7) is 9.01. The van der Waals surface area contributed by atoms with E-state index in [1.54, 1.807) is 0 Å². The van der Waals surface area contributed by atoms with Crippen molar-refractivity contribution >= 4 is 0 Å². The minimum absolute atomic E-state index is 0.0616. The topological polar surface area (TPSA) is 58.9 Å². The molecule has 0 aromatic heterocycles. The van der Waals surface area contributed by atoms with E-state index in [4.69, 9.17) is 19.7 Å². The van der Waals surface area contributed by atoms with Crippen LogP contribution in [-0.4, -0.2) is 49.4 Å². The molecule has 0 saturated carbocycles. The van der Waals surface area contributed by atoms with Crippen LogP contribution in [0, 0.1) is 0 Å². The molecule has 4 nitrogen and oxygen atoms in total. The zero-order valence-corrected chi connectivity index (χ0v) is 13.1. The summed E-state index contributed by atoms with van der Waals surface area (Å²) in [6.07, 6.45) is 6.29. The summed E-state index contributed by atoms with van der Waals surface area (Å²) in [5.41, 5.74) is 0. The highest BCUT2D eigenvalue weighted by Gasteiger charge is 2.01. The Labute approximate surface area is 119 Å². The lowest BCUT2D eigenvalue weighted by atomic mass is 10.3. The van der Waals surface area contributed by atoms with Crippen molar-refractivity contribution in [3.05, 3.63) is 0 Å². The summed E-state index contributed by atoms with van der Waals surface area (Å²) < 4.78 is 10.5. The predicted molar refractivity (Wildman–Crippen MR) is 79.5 cm³/mol. The standard InChI is InChI=1S/C8H18O2.C7H16O2/c1-3-5-6-10-8(4-2)7-9;1-2-3-6-9-7-4-5-8/h8-9H,3-7H2,1-2H3;8H,2-7H2,1H3. The van der Waals surface area contributed by atoms with Crippen LogP contribution in [0.4, 0.5) is 0 Å². The number of hydrogen-bond donors (Lipinski definition) is 2. The van der Waals surface area contributed by atoms with E-state index in [0.29, 0.717) is 6.61 Å². The maximum Gasteiger partial charge on any atom is 0.0803 e. The summed E-state index contributed by atoms with van der Waals surface area (Å²) in [4.78, 5) is 0. The molecule has 0 fully saturated rings. The van der Waals surface area contributed by atoms with Crippen LogP contribution in [0.3, 0.4) is 0 Å². The summed E-state index contributed by atoms with van der Waals surface area (Å²) in [6, 6.07) is 0. The Morgan fingerprint density at radius 3 is 1.89 bits per heavy atom. The van der Waals surface area contributed by atoms with Gasteiger partial charge in [-0.05, 0) is 25.7 Å². The third kappa shape index (κ3) is 20.3. The predicted octanol–water partition coefficient (Wildman–Crippen LogP) is 2.76. The summed E-state index contributed by atoms with van der Waals surface area (Å²) in [5.74, 6) is 0. The first kappa shape index (κ1) is 21.1. The lowest BCUT2D eigenvalue weighted by molar-refractivity contribution is 0.00984. The first-order valence-electron chi connectivity index (χ1n) is 7.67. The number of aliphatic hydroxyl groups excluding tert-OH is 2. The van der Waals surface area contributed by atoms with Gasteiger partial charge in [-0.2, -0.15) is 0 Å². The molecule has 0 amide bonds. The van der Waals surface area contributed by atoms with Gasteiger partial charge < -0.3 is 19.7 Å². The minimum Gasteiger partial charge on any atom is -0.396 e. The molecule has 19 heavy (non-hydrogen) atoms. The third-order valence-electron chi connectivity index (χ3n) is 2.60. The lowest BCUT2D eigenvalue weighted by Gasteiger charge is -2.11. The SMILES string of the molecule is CCCCOC(CC)CO.CCCCOCCCO. The molecule has 0 bridgehead atoms. The smallest absolute Gasteiger partial charge is 0.0803 e. The molecule has 0 saturated heterocycles. The highest BCUT2D eigenvalue weighted by atomic mass is 16.5. The number of ether oxygens (including phenoxy) is 2. The Morgan fingerprint density at radius 2 is 1.42 bits per heavy atom. The zero-order chi connectivity index (χ0) is 14.8. The van der Waals surface area contributed by atoms with Gasteiger partial charge in [-0.25, -0.2) is 0 Å². The van der Waals surface area contributed by atoms with Gasteiger partial charge >= 0.3 is 0 Å². The van der Waals surface area contributed by atoms with Crippen molar-refractivity contribution in [2.24, 2.45) is 0 Å². The van der Waals surface area contributed by atoms with Gasteiger partial charge in [-0.3, -0.25) is 0 Å². The molecule has 0 radical (unpaired) electrons. The Bertz CT molecular complexity index is 132. The van der Waals surface area contributed by atoms with Crippen LogP contribution in [0.5, 0.6) is 0 Å². The second-order valence-electron chi connectivity index (χ2n) is 4.48. The average molecular weight is 278 g/mol. The highest BCUT2D eigenvalue weighted by Crippen LogP contribution is 1.98. The second-order valence-corrected chi connectivity index (χ2v) is 4.48. The van der Waals surface area contributed by atoms with E-state index in [-0.39, 0.29) is 19.3 Å². The van der Waals surface area contributed by atoms with Gasteiger partial charge in [0.1, 0.15) is 0 Å². The Morgan fingerprint density at radius 1 is 0.842 bits per heavy atom. The van der Waals surface area contributed by atoms with E-state index in [0.717, 1.165) is 45.3 Å². The highest BCUT2D eigenvalue weighted by molar-refractivity contribution is 4.50. The van der Waals surface area contributed by atoms with Crippen LogP contribution in [0.2, 0.25) is 0 Å². The molecule has 2 N–H and O–H groups in total. The van der Waals surface area contributed by atoms with Crippen molar-refractivity contribution in [3.8, 4) is 0 Å². The molecule has 1 unspecified atom stereocenters. The van der Waals surface area contributed by atoms with Crippen molar-refractivity contribution in [1.29, 1.82) is 0 Å². The maximum absolute atomic E-state index is 8.70. The van der Waals surface area contributed by atoms with Crippen LogP contribution >= 0.6 is 0 Å². The normalized spacial score (nSPS) is 11.8. The average Bonchev–Trinajstić information content (AvgIpc) is 2.44. The van der Waals surface area contributed by atoms with Gasteiger partial charge in [0, 0.05) is 26.4 Å². The molecule has 4 heteroatoms. The van der Waals surface area contributed by atoms with Gasteiger partial charge in [-0.1, -0.05) is 33.6 Å². The second kappa shape index (κ2) is 20.2. The van der Waals surface area contributed by atoms with Crippen LogP contribution in [0.15, 0.2) is 0 Å². The summed E-state index contributed by atoms with van der Waals surface area (Å²) >= 11 is 0. The van der Waals surface area contributed by atoms with Gasteiger partial charge in [0.25, 0.3) is 0 Å². The first-order valence-corrected chi connectivity index (χ1v) is 7.67. The zero-order valence-electron chi connectivity index (χ0n) is 13.1. The molecule has 0 aliphatic heterocycles. The fourth-order valence-electron chi connectivity index (χ4n) is 1.21. The Hall–Kier alpha value is -0.160. The molecule has 118 valence electrons. The number of hydrogen-bond acceptors (Lipinski definition) is 4. The first-order chi connectivity index (χ1) is 9.26. The van der Waals surface area contributed by atoms with E-state index >= 15 is 0 Å². The van der Waals surface area contributed by atoms with Crippen molar-refractivity contribution in [1.82, 2.24) is 0 Å². The van der Waals surface area contributed by atoms with Gasteiger partial charge in [0.15, 0.2) is 0 Å². The largest absolute Gasteiger partial charge is 0.396 e. The van der Waals surface area contributed by atoms with E-state index in [1.807, 2.05) is 6.92 Å². The fraction of sp³-hybridized carbons (Fsp3) is 1.00. The number of aliphatic hydroxyl groups is 2. The van der Waals surface area contributed by atoms with Crippen molar-refractivity contribution in [2.45, 2.75) is 65.4 Å². The van der Waals surface area contributed by atoms with Crippen molar-refractivity contribution in [3.63, 3.8) is 0 Å². The fourth-order valence-corrected chi connectivity index (χ4v) is 1.21. The van der Waals surface area contributed by atoms with E-state index in [2.05, 4.69) is 13.8 Å². The molecule has 0 rings (SSSR count). The van der Waals surface area contributed by atoms with Crippen molar-refractivity contribution in [2.75, 3.05) is 33.0 Å². The Kier molecular flexibility index (Phi) is 22.4. The third-order valence-corrected chi connectivity index (χ3v) is 2.60. The molecule has 0 aromatic rings. The van der Waals surface area contributed by atoms with E-state index < -0.39 is 0 Å². The van der Waals surface area contributed by atoms with Gasteiger partial charge in [0.05, 0.1) is 12.7 Å². The molecule has 0 aromatic carbocycles. The Balaban J connectivity index is 0. The number of unbranched alkanes of at least 4 members (excludes halogenated alkanes) is 2. The number of rotatable bonds is 12. The van der Waals surface area contributed by atoms with Crippen LogP contribution in [-0.2, 0) is 9.47 Å². The monoisotopic (exact) mass is 278 g/mol. The molecule has 1 atom stereocenters. The van der Waals surface area contributed by atoms with Gasteiger partial charge in [-0.15, -0.1) is 0 Å². The molecule has 0 aliphatic carbocycles. The minimum atomic E-state index is 0.0616. The molecule has 0 aliphatic rings. The molecular formula is C15H34O4. The maximum atomic E-state index is 8.70. The summed E-state index contributed by atoms with van der Waals surface area (Å²) in [5, 5.41) is 17.0. The molecule has 0 spiro atoms. The molecule has 0 heterocycles. The lowest BCUT2D eigenvalue weighted by Crippen LogP contribution is -2.16. The van der Waals surface area contributed by atoms with E-state index in [9.17, 15) is 0 Å². The van der Waals surface area contributed by atoms with Crippen LogP contribution in [0.1, 0.15) is 59.3 Å².